The highest BCUT2D eigenvalue weighted by atomic mass is 14.1. The average Bonchev–Trinajstić information content (AvgIpc) is 2.81. The van der Waals surface area contributed by atoms with Gasteiger partial charge < -0.3 is 0 Å². The van der Waals surface area contributed by atoms with E-state index >= 15 is 0 Å². The number of hydrogen-bond acceptors (Lipinski definition) is 0. The van der Waals surface area contributed by atoms with E-state index in [2.05, 4.69) is 91.5 Å². The van der Waals surface area contributed by atoms with Crippen molar-refractivity contribution in [3.8, 4) is 0 Å². The highest BCUT2D eigenvalue weighted by Crippen LogP contribution is 2.30. The van der Waals surface area contributed by atoms with Gasteiger partial charge in [0.1, 0.15) is 0 Å². The predicted molar refractivity (Wildman–Crippen MR) is 133 cm³/mol. The van der Waals surface area contributed by atoms with Crippen LogP contribution in [0.3, 0.4) is 0 Å². The molecule has 30 heavy (non-hydrogen) atoms. The lowest BCUT2D eigenvalue weighted by Crippen LogP contribution is -1.80. The maximum atomic E-state index is 3.63. The van der Waals surface area contributed by atoms with Crippen LogP contribution in [0.25, 0.3) is 49.2 Å². The van der Waals surface area contributed by atoms with Crippen molar-refractivity contribution in [3.63, 3.8) is 0 Å². The topological polar surface area (TPSA) is 0 Å². The van der Waals surface area contributed by atoms with E-state index in [-0.39, 0.29) is 0 Å². The van der Waals surface area contributed by atoms with Crippen LogP contribution in [0.5, 0.6) is 0 Å². The van der Waals surface area contributed by atoms with Gasteiger partial charge in [0, 0.05) is 0 Å². The van der Waals surface area contributed by atoms with E-state index in [9.17, 15) is 0 Å². The molecule has 0 N–H and O–H groups in total. The molecule has 0 nitrogen and oxygen atoms in total. The van der Waals surface area contributed by atoms with Crippen molar-refractivity contribution in [1.82, 2.24) is 0 Å². The monoisotopic (exact) mass is 382 g/mol. The molecule has 0 aromatic heterocycles. The minimum absolute atomic E-state index is 1.17. The van der Waals surface area contributed by atoms with Gasteiger partial charge in [0.2, 0.25) is 0 Å². The molecule has 0 spiro atoms. The average molecular weight is 383 g/mol. The molecule has 6 rings (SSSR count). The van der Waals surface area contributed by atoms with Gasteiger partial charge in [-0.3, -0.25) is 0 Å². The van der Waals surface area contributed by atoms with Crippen molar-refractivity contribution in [3.05, 3.63) is 127 Å². The van der Waals surface area contributed by atoms with Crippen molar-refractivity contribution < 1.29 is 0 Å². The molecule has 142 valence electrons. The first-order chi connectivity index (χ1) is 14.8. The molecule has 0 unspecified atom stereocenters. The molecular weight excluding hydrogens is 360 g/mol. The van der Waals surface area contributed by atoms with E-state index in [1.165, 1.54) is 48.7 Å². The zero-order valence-electron chi connectivity index (χ0n) is 16.8. The van der Waals surface area contributed by atoms with Crippen LogP contribution >= 0.6 is 0 Å². The maximum absolute atomic E-state index is 3.63. The first kappa shape index (κ1) is 18.1. The van der Waals surface area contributed by atoms with Crippen molar-refractivity contribution >= 4 is 49.2 Å². The molecule has 0 heterocycles. The molecule has 0 aliphatic rings. The Morgan fingerprint density at radius 2 is 0.667 bits per heavy atom. The molecule has 6 aromatic carbocycles. The normalized spacial score (nSPS) is 10.8. The largest absolute Gasteiger partial charge is 0.0985 e. The second-order valence-corrected chi connectivity index (χ2v) is 7.56. The quantitative estimate of drug-likeness (QED) is 0.250. The third-order valence-corrected chi connectivity index (χ3v) is 5.56. The SMILES string of the molecule is C=Cc1ccccc1.c1ccc2cc3cc4cc5ccccc5cc4cc3cc2c1. The van der Waals surface area contributed by atoms with Crippen LogP contribution < -0.4 is 0 Å². The van der Waals surface area contributed by atoms with Gasteiger partial charge in [0.05, 0.1) is 0 Å². The van der Waals surface area contributed by atoms with Crippen LogP contribution in [-0.2, 0) is 0 Å². The van der Waals surface area contributed by atoms with Crippen molar-refractivity contribution in [1.29, 1.82) is 0 Å². The summed E-state index contributed by atoms with van der Waals surface area (Å²) in [4.78, 5) is 0. The smallest absolute Gasteiger partial charge is 0.0171 e. The molecule has 0 amide bonds. The molecule has 0 bridgehead atoms. The summed E-state index contributed by atoms with van der Waals surface area (Å²) < 4.78 is 0. The van der Waals surface area contributed by atoms with Gasteiger partial charge in [0.15, 0.2) is 0 Å². The summed E-state index contributed by atoms with van der Waals surface area (Å²) in [6.45, 7) is 3.63. The highest BCUT2D eigenvalue weighted by molar-refractivity contribution is 6.08. The minimum Gasteiger partial charge on any atom is -0.0985 e. The first-order valence-electron chi connectivity index (χ1n) is 10.2. The van der Waals surface area contributed by atoms with Crippen molar-refractivity contribution in [2.24, 2.45) is 0 Å². The summed E-state index contributed by atoms with van der Waals surface area (Å²) in [5.41, 5.74) is 1.17. The number of fused-ring (bicyclic) bond motifs is 4. The molecule has 0 heteroatoms. The van der Waals surface area contributed by atoms with E-state index in [4.69, 9.17) is 0 Å². The summed E-state index contributed by atoms with van der Waals surface area (Å²) in [7, 11) is 0. The fourth-order valence-corrected chi connectivity index (χ4v) is 3.98. The van der Waals surface area contributed by atoms with Gasteiger partial charge in [-0.1, -0.05) is 91.5 Å². The molecule has 0 aliphatic carbocycles. The Balaban J connectivity index is 0.000000205. The summed E-state index contributed by atoms with van der Waals surface area (Å²) in [6.07, 6.45) is 1.83. The Morgan fingerprint density at radius 1 is 0.367 bits per heavy atom. The maximum Gasteiger partial charge on any atom is -0.0171 e. The molecular formula is C30H22. The standard InChI is InChI=1S/C22H14.C8H8/c1-2-6-16-10-20-14-22-12-18-8-4-3-7-17(18)11-21(22)13-19(20)9-15(16)5-1;1-2-8-6-4-3-5-7-8/h1-14H;2-7H,1H2. The molecule has 0 atom stereocenters. The molecule has 0 aliphatic heterocycles. The van der Waals surface area contributed by atoms with Crippen LogP contribution in [0, 0.1) is 0 Å². The summed E-state index contributed by atoms with van der Waals surface area (Å²) in [5.74, 6) is 0. The lowest BCUT2D eigenvalue weighted by atomic mass is 9.97. The van der Waals surface area contributed by atoms with Gasteiger partial charge >= 0.3 is 0 Å². The lowest BCUT2D eigenvalue weighted by Gasteiger charge is -2.07. The van der Waals surface area contributed by atoms with Crippen LogP contribution in [0.1, 0.15) is 5.56 Å². The van der Waals surface area contributed by atoms with Crippen LogP contribution in [-0.4, -0.2) is 0 Å². The van der Waals surface area contributed by atoms with E-state index in [0.29, 0.717) is 0 Å². The molecule has 0 radical (unpaired) electrons. The first-order valence-corrected chi connectivity index (χ1v) is 10.2. The van der Waals surface area contributed by atoms with Crippen LogP contribution in [0.2, 0.25) is 0 Å². The van der Waals surface area contributed by atoms with Gasteiger partial charge in [-0.15, -0.1) is 0 Å². The highest BCUT2D eigenvalue weighted by Gasteiger charge is 2.02. The van der Waals surface area contributed by atoms with Crippen molar-refractivity contribution in [2.45, 2.75) is 0 Å². The van der Waals surface area contributed by atoms with Gasteiger partial charge in [-0.2, -0.15) is 0 Å². The Labute approximate surface area is 176 Å². The fraction of sp³-hybridized carbons (Fsp3) is 0. The van der Waals surface area contributed by atoms with E-state index in [1.54, 1.807) is 0 Å². The predicted octanol–water partition coefficient (Wildman–Crippen LogP) is 8.63. The van der Waals surface area contributed by atoms with Crippen molar-refractivity contribution in [2.75, 3.05) is 0 Å². The lowest BCUT2D eigenvalue weighted by molar-refractivity contribution is 1.67. The van der Waals surface area contributed by atoms with Gasteiger partial charge in [-0.25, -0.2) is 0 Å². The second kappa shape index (κ2) is 7.85. The zero-order valence-corrected chi connectivity index (χ0v) is 16.8. The third-order valence-electron chi connectivity index (χ3n) is 5.56. The number of hydrogen-bond donors (Lipinski definition) is 0. The molecule has 0 saturated heterocycles. The Morgan fingerprint density at radius 3 is 0.967 bits per heavy atom. The Kier molecular flexibility index (Phi) is 4.75. The van der Waals surface area contributed by atoms with Gasteiger partial charge in [0.25, 0.3) is 0 Å². The molecule has 0 fully saturated rings. The summed E-state index contributed by atoms with van der Waals surface area (Å²) in [6, 6.07) is 40.9. The third kappa shape index (κ3) is 3.56. The fourth-order valence-electron chi connectivity index (χ4n) is 3.98. The second-order valence-electron chi connectivity index (χ2n) is 7.56. The van der Waals surface area contributed by atoms with E-state index < -0.39 is 0 Å². The van der Waals surface area contributed by atoms with E-state index in [0.717, 1.165) is 0 Å². The summed E-state index contributed by atoms with van der Waals surface area (Å²) >= 11 is 0. The number of benzene rings is 6. The Bertz CT molecular complexity index is 1310. The zero-order chi connectivity index (χ0) is 20.3. The van der Waals surface area contributed by atoms with Crippen LogP contribution in [0.4, 0.5) is 0 Å². The molecule has 0 saturated carbocycles. The van der Waals surface area contributed by atoms with Gasteiger partial charge in [-0.05, 0) is 85.1 Å². The molecule has 6 aromatic rings. The van der Waals surface area contributed by atoms with Crippen LogP contribution in [0.15, 0.2) is 122 Å². The van der Waals surface area contributed by atoms with E-state index in [1.807, 2.05) is 36.4 Å². The Hall–Kier alpha value is -3.90. The number of rotatable bonds is 1. The minimum atomic E-state index is 1.17. The summed E-state index contributed by atoms with van der Waals surface area (Å²) in [5, 5.41) is 10.4.